The molecular weight excluding hydrogens is 398 g/mol. The number of aromatic nitrogens is 3. The number of nitrogens with zero attached hydrogens (tertiary/aromatic N) is 4. The lowest BCUT2D eigenvalue weighted by Gasteiger charge is -2.27. The number of benzene rings is 1. The molecule has 1 amide bonds. The molecule has 158 valence electrons. The van der Waals surface area contributed by atoms with Crippen LogP contribution in [-0.4, -0.2) is 39.5 Å². The monoisotopic (exact) mass is 425 g/mol. The van der Waals surface area contributed by atoms with Crippen molar-refractivity contribution in [2.45, 2.75) is 44.4 Å². The number of hydrogen-bond acceptors (Lipinski definition) is 6. The van der Waals surface area contributed by atoms with E-state index in [1.165, 1.54) is 23.7 Å². The van der Waals surface area contributed by atoms with Crippen LogP contribution in [0.4, 0.5) is 5.95 Å². The second-order valence-electron chi connectivity index (χ2n) is 7.49. The Bertz CT molecular complexity index is 964. The van der Waals surface area contributed by atoms with Gasteiger partial charge < -0.3 is 14.6 Å². The molecule has 0 radical (unpaired) electrons. The fourth-order valence-corrected chi connectivity index (χ4v) is 4.36. The molecule has 1 aliphatic rings. The van der Waals surface area contributed by atoms with Gasteiger partial charge in [-0.2, -0.15) is 0 Å². The normalized spacial score (nSPS) is 14.1. The average Bonchev–Trinajstić information content (AvgIpc) is 3.43. The van der Waals surface area contributed by atoms with Gasteiger partial charge >= 0.3 is 0 Å². The van der Waals surface area contributed by atoms with E-state index in [0.29, 0.717) is 18.8 Å². The lowest BCUT2D eigenvalue weighted by Crippen LogP contribution is -2.32. The number of hydrogen-bond donors (Lipinski definition) is 1. The molecule has 1 aliphatic heterocycles. The summed E-state index contributed by atoms with van der Waals surface area (Å²) in [7, 11) is 0. The fourth-order valence-electron chi connectivity index (χ4n) is 3.60. The van der Waals surface area contributed by atoms with Crippen molar-refractivity contribution in [2.75, 3.05) is 23.7 Å². The first-order valence-electron chi connectivity index (χ1n) is 10.4. The Morgan fingerprint density at radius 2 is 1.97 bits per heavy atom. The van der Waals surface area contributed by atoms with Crippen molar-refractivity contribution in [1.29, 1.82) is 0 Å². The number of anilines is 1. The molecule has 1 N–H and O–H groups in total. The van der Waals surface area contributed by atoms with E-state index in [9.17, 15) is 4.79 Å². The van der Waals surface area contributed by atoms with E-state index >= 15 is 0 Å². The summed E-state index contributed by atoms with van der Waals surface area (Å²) in [5.74, 6) is 1.98. The maximum Gasteiger partial charge on any atom is 0.230 e. The van der Waals surface area contributed by atoms with Crippen LogP contribution < -0.4 is 10.2 Å². The Morgan fingerprint density at radius 3 is 2.73 bits per heavy atom. The van der Waals surface area contributed by atoms with Crippen LogP contribution in [0.2, 0.25) is 0 Å². The van der Waals surface area contributed by atoms with Crippen LogP contribution in [0.15, 0.2) is 52.2 Å². The van der Waals surface area contributed by atoms with Crippen LogP contribution in [0.5, 0.6) is 0 Å². The second kappa shape index (κ2) is 9.84. The summed E-state index contributed by atoms with van der Waals surface area (Å²) in [5.41, 5.74) is 2.30. The van der Waals surface area contributed by atoms with E-state index in [-0.39, 0.29) is 5.91 Å². The van der Waals surface area contributed by atoms with Gasteiger partial charge in [0.15, 0.2) is 5.16 Å². The van der Waals surface area contributed by atoms with Crippen molar-refractivity contribution < 1.29 is 9.21 Å². The molecule has 2 aromatic heterocycles. The summed E-state index contributed by atoms with van der Waals surface area (Å²) in [6.45, 7) is 5.11. The molecule has 3 heterocycles. The van der Waals surface area contributed by atoms with Gasteiger partial charge in [-0.15, -0.1) is 10.2 Å². The highest BCUT2D eigenvalue weighted by atomic mass is 32.2. The topological polar surface area (TPSA) is 76.2 Å². The summed E-state index contributed by atoms with van der Waals surface area (Å²) in [6.07, 6.45) is 5.26. The molecule has 3 aromatic rings. The molecular formula is C22H27N5O2S. The molecule has 0 spiro atoms. The third kappa shape index (κ3) is 5.05. The highest BCUT2D eigenvalue weighted by Crippen LogP contribution is 2.25. The number of nitrogens with one attached hydrogen (secondary N) is 1. The molecule has 0 bridgehead atoms. The van der Waals surface area contributed by atoms with E-state index in [2.05, 4.69) is 38.0 Å². The number of carbonyl (C=O) groups is 1. The van der Waals surface area contributed by atoms with Crippen molar-refractivity contribution in [3.8, 4) is 0 Å². The summed E-state index contributed by atoms with van der Waals surface area (Å²) in [5, 5.41) is 12.6. The largest absolute Gasteiger partial charge is 0.467 e. The number of piperidine rings is 1. The Hall–Kier alpha value is -2.74. The van der Waals surface area contributed by atoms with Gasteiger partial charge in [0.25, 0.3) is 0 Å². The van der Waals surface area contributed by atoms with Crippen LogP contribution in [0.3, 0.4) is 0 Å². The lowest BCUT2D eigenvalue weighted by molar-refractivity contribution is -0.118. The third-order valence-corrected chi connectivity index (χ3v) is 6.27. The molecule has 4 rings (SSSR count). The number of furan rings is 1. The highest BCUT2D eigenvalue weighted by Gasteiger charge is 2.21. The van der Waals surface area contributed by atoms with Crippen LogP contribution >= 0.6 is 11.8 Å². The van der Waals surface area contributed by atoms with Crippen LogP contribution in [0.1, 0.15) is 36.1 Å². The van der Waals surface area contributed by atoms with Gasteiger partial charge in [-0.1, -0.05) is 36.0 Å². The van der Waals surface area contributed by atoms with Gasteiger partial charge in [0.05, 0.1) is 18.6 Å². The zero-order chi connectivity index (χ0) is 20.8. The van der Waals surface area contributed by atoms with Crippen LogP contribution in [0, 0.1) is 6.92 Å². The molecule has 0 aliphatic carbocycles. The van der Waals surface area contributed by atoms with E-state index in [4.69, 9.17) is 4.42 Å². The van der Waals surface area contributed by atoms with Crippen LogP contribution in [0.25, 0.3) is 0 Å². The molecule has 8 heteroatoms. The Labute approximate surface area is 180 Å². The Balaban J connectivity index is 1.41. The van der Waals surface area contributed by atoms with Gasteiger partial charge in [-0.3, -0.25) is 9.36 Å². The zero-order valence-corrected chi connectivity index (χ0v) is 18.0. The van der Waals surface area contributed by atoms with Crippen molar-refractivity contribution in [3.63, 3.8) is 0 Å². The Morgan fingerprint density at radius 1 is 1.13 bits per heavy atom. The van der Waals surface area contributed by atoms with Crippen molar-refractivity contribution in [2.24, 2.45) is 0 Å². The lowest BCUT2D eigenvalue weighted by atomic mass is 10.1. The van der Waals surface area contributed by atoms with E-state index < -0.39 is 0 Å². The van der Waals surface area contributed by atoms with Gasteiger partial charge in [0.2, 0.25) is 11.9 Å². The minimum atomic E-state index is -0.0182. The molecule has 7 nitrogen and oxygen atoms in total. The zero-order valence-electron chi connectivity index (χ0n) is 17.2. The molecule has 30 heavy (non-hydrogen) atoms. The number of rotatable bonds is 8. The highest BCUT2D eigenvalue weighted by molar-refractivity contribution is 7.99. The molecule has 1 fully saturated rings. The minimum absolute atomic E-state index is 0.0182. The van der Waals surface area contributed by atoms with Crippen LogP contribution in [-0.2, 0) is 17.9 Å². The summed E-state index contributed by atoms with van der Waals surface area (Å²) >= 11 is 1.41. The maximum atomic E-state index is 12.4. The molecule has 0 unspecified atom stereocenters. The van der Waals surface area contributed by atoms with Crippen molar-refractivity contribution >= 4 is 23.6 Å². The summed E-state index contributed by atoms with van der Waals surface area (Å²) < 4.78 is 7.60. The number of thioether (sulfide) groups is 1. The number of aryl methyl sites for hydroxylation is 1. The van der Waals surface area contributed by atoms with E-state index in [1.807, 2.05) is 30.3 Å². The average molecular weight is 426 g/mol. The Kier molecular flexibility index (Phi) is 6.74. The minimum Gasteiger partial charge on any atom is -0.467 e. The van der Waals surface area contributed by atoms with Gasteiger partial charge in [-0.25, -0.2) is 0 Å². The molecule has 1 aromatic carbocycles. The first-order chi connectivity index (χ1) is 14.7. The third-order valence-electron chi connectivity index (χ3n) is 5.30. The maximum absolute atomic E-state index is 12.4. The van der Waals surface area contributed by atoms with E-state index in [1.54, 1.807) is 6.26 Å². The van der Waals surface area contributed by atoms with Crippen molar-refractivity contribution in [1.82, 2.24) is 20.1 Å². The van der Waals surface area contributed by atoms with Crippen molar-refractivity contribution in [3.05, 3.63) is 59.5 Å². The predicted molar refractivity (Wildman–Crippen MR) is 118 cm³/mol. The van der Waals surface area contributed by atoms with E-state index in [0.717, 1.165) is 48.4 Å². The van der Waals surface area contributed by atoms with Gasteiger partial charge in [-0.05, 0) is 49.4 Å². The predicted octanol–water partition coefficient (Wildman–Crippen LogP) is 3.63. The number of carbonyl (C=O) groups excluding carboxylic acids is 1. The smallest absolute Gasteiger partial charge is 0.230 e. The quantitative estimate of drug-likeness (QED) is 0.556. The van der Waals surface area contributed by atoms with Gasteiger partial charge in [0.1, 0.15) is 5.76 Å². The summed E-state index contributed by atoms with van der Waals surface area (Å²) in [6, 6.07) is 11.9. The standard InChI is InChI=1S/C22H27N5O2S/c1-17-8-3-4-9-18(17)14-23-20(28)16-30-22-25-24-21(26-11-5-2-6-12-26)27(22)15-19-10-7-13-29-19/h3-4,7-10,13H,2,5-6,11-12,14-16H2,1H3,(H,23,28). The number of amides is 1. The SMILES string of the molecule is Cc1ccccc1CNC(=O)CSc1nnc(N2CCCCC2)n1Cc1ccco1. The fraction of sp³-hybridized carbons (Fsp3) is 0.409. The summed E-state index contributed by atoms with van der Waals surface area (Å²) in [4.78, 5) is 14.7. The molecule has 1 saturated heterocycles. The first kappa shape index (κ1) is 20.5. The second-order valence-corrected chi connectivity index (χ2v) is 8.43. The first-order valence-corrected chi connectivity index (χ1v) is 11.3. The molecule has 0 atom stereocenters. The van der Waals surface area contributed by atoms with Gasteiger partial charge in [0, 0.05) is 19.6 Å². The molecule has 0 saturated carbocycles.